The number of hydrogen-bond acceptors (Lipinski definition) is 3. The van der Waals surface area contributed by atoms with Gasteiger partial charge in [0.15, 0.2) is 0 Å². The molecule has 1 aliphatic rings. The van der Waals surface area contributed by atoms with Crippen LogP contribution in [0.1, 0.15) is 40.0 Å². The van der Waals surface area contributed by atoms with Gasteiger partial charge in [-0.1, -0.05) is 0 Å². The Morgan fingerprint density at radius 3 is 2.36 bits per heavy atom. The van der Waals surface area contributed by atoms with E-state index in [2.05, 4.69) is 19.2 Å². The second kappa shape index (κ2) is 8.43. The summed E-state index contributed by atoms with van der Waals surface area (Å²) in [6.45, 7) is 6.10. The molecule has 6 heteroatoms. The molecule has 25 heavy (non-hydrogen) atoms. The summed E-state index contributed by atoms with van der Waals surface area (Å²) in [4.78, 5) is 28.7. The van der Waals surface area contributed by atoms with Gasteiger partial charge in [0.2, 0.25) is 11.8 Å². The van der Waals surface area contributed by atoms with Gasteiger partial charge in [-0.25, -0.2) is 4.39 Å². The van der Waals surface area contributed by atoms with E-state index in [0.29, 0.717) is 5.69 Å². The second-order valence-electron chi connectivity index (χ2n) is 7.02. The average Bonchev–Trinajstić information content (AvgIpc) is 2.55. The molecule has 2 amide bonds. The predicted molar refractivity (Wildman–Crippen MR) is 96.7 cm³/mol. The van der Waals surface area contributed by atoms with Crippen LogP contribution in [0.4, 0.5) is 10.1 Å². The standard InChI is InChI=1S/C19H28FN3O2/c1-13-6-5-7-14(2)23(13)19(25)15(3)22(4)12-18(24)21-17-10-8-16(20)9-11-17/h8-11,13-15H,5-7,12H2,1-4H3,(H,21,24)/t13-,14-,15+/m0/s1. The van der Waals surface area contributed by atoms with E-state index in [1.807, 2.05) is 11.8 Å². The third-order valence-corrected chi connectivity index (χ3v) is 4.99. The fourth-order valence-corrected chi connectivity index (χ4v) is 3.36. The summed E-state index contributed by atoms with van der Waals surface area (Å²) in [5.74, 6) is -0.510. The number of likely N-dealkylation sites (tertiary alicyclic amines) is 1. The SMILES string of the molecule is C[C@H](C(=O)N1[C@@H](C)CCC[C@@H]1C)N(C)CC(=O)Nc1ccc(F)cc1. The van der Waals surface area contributed by atoms with Crippen LogP contribution in [0.2, 0.25) is 0 Å². The number of carbonyl (C=O) groups excluding carboxylic acids is 2. The van der Waals surface area contributed by atoms with Crippen molar-refractivity contribution < 1.29 is 14.0 Å². The maximum absolute atomic E-state index is 12.9. The number of amides is 2. The molecule has 1 aromatic rings. The molecule has 5 nitrogen and oxygen atoms in total. The molecule has 0 radical (unpaired) electrons. The summed E-state index contributed by atoms with van der Waals surface area (Å²) in [6, 6.07) is 5.72. The molecule has 3 atom stereocenters. The Bertz CT molecular complexity index is 595. The lowest BCUT2D eigenvalue weighted by atomic mass is 9.96. The Hall–Kier alpha value is -1.95. The van der Waals surface area contributed by atoms with E-state index in [0.717, 1.165) is 19.3 Å². The molecular weight excluding hydrogens is 321 g/mol. The van der Waals surface area contributed by atoms with Crippen molar-refractivity contribution in [2.45, 2.75) is 58.2 Å². The topological polar surface area (TPSA) is 52.7 Å². The van der Waals surface area contributed by atoms with Crippen LogP contribution in [0, 0.1) is 5.82 Å². The molecule has 138 valence electrons. The van der Waals surface area contributed by atoms with Gasteiger partial charge in [-0.15, -0.1) is 0 Å². The number of hydrogen-bond donors (Lipinski definition) is 1. The summed E-state index contributed by atoms with van der Waals surface area (Å²) in [6.07, 6.45) is 3.20. The smallest absolute Gasteiger partial charge is 0.240 e. The lowest BCUT2D eigenvalue weighted by molar-refractivity contribution is -0.142. The molecule has 1 aromatic carbocycles. The summed E-state index contributed by atoms with van der Waals surface area (Å²) in [5.41, 5.74) is 0.539. The highest BCUT2D eigenvalue weighted by atomic mass is 19.1. The van der Waals surface area contributed by atoms with Crippen molar-refractivity contribution in [2.75, 3.05) is 18.9 Å². The number of rotatable bonds is 5. The fraction of sp³-hybridized carbons (Fsp3) is 0.579. The van der Waals surface area contributed by atoms with Gasteiger partial charge in [0.25, 0.3) is 0 Å². The van der Waals surface area contributed by atoms with Gasteiger partial charge in [-0.2, -0.15) is 0 Å². The first kappa shape index (κ1) is 19.4. The van der Waals surface area contributed by atoms with E-state index in [-0.39, 0.29) is 42.3 Å². The Kier molecular flexibility index (Phi) is 6.53. The minimum atomic E-state index is -0.373. The monoisotopic (exact) mass is 349 g/mol. The van der Waals surface area contributed by atoms with E-state index < -0.39 is 0 Å². The predicted octanol–water partition coefficient (Wildman–Crippen LogP) is 2.87. The zero-order chi connectivity index (χ0) is 18.6. The van der Waals surface area contributed by atoms with Crippen LogP contribution in [-0.4, -0.2) is 53.3 Å². The summed E-state index contributed by atoms with van der Waals surface area (Å²) < 4.78 is 12.9. The Labute approximate surface area is 149 Å². The molecule has 0 aromatic heterocycles. The van der Waals surface area contributed by atoms with Gasteiger partial charge in [-0.3, -0.25) is 14.5 Å². The zero-order valence-corrected chi connectivity index (χ0v) is 15.5. The first-order chi connectivity index (χ1) is 11.8. The number of anilines is 1. The number of carbonyl (C=O) groups is 2. The van der Waals surface area contributed by atoms with Crippen LogP contribution in [0.15, 0.2) is 24.3 Å². The molecule has 1 heterocycles. The van der Waals surface area contributed by atoms with Crippen molar-refractivity contribution >= 4 is 17.5 Å². The first-order valence-electron chi connectivity index (χ1n) is 8.87. The molecule has 1 N–H and O–H groups in total. The van der Waals surface area contributed by atoms with Crippen molar-refractivity contribution in [1.29, 1.82) is 0 Å². The second-order valence-corrected chi connectivity index (χ2v) is 7.02. The van der Waals surface area contributed by atoms with E-state index >= 15 is 0 Å². The highest BCUT2D eigenvalue weighted by molar-refractivity contribution is 5.92. The van der Waals surface area contributed by atoms with E-state index in [4.69, 9.17) is 0 Å². The van der Waals surface area contributed by atoms with E-state index in [9.17, 15) is 14.0 Å². The van der Waals surface area contributed by atoms with Gasteiger partial charge in [0.1, 0.15) is 5.82 Å². The molecule has 1 aliphatic heterocycles. The summed E-state index contributed by atoms with van der Waals surface area (Å²) in [7, 11) is 1.77. The Morgan fingerprint density at radius 1 is 1.24 bits per heavy atom. The Balaban J connectivity index is 1.92. The van der Waals surface area contributed by atoms with Gasteiger partial charge < -0.3 is 10.2 Å². The fourth-order valence-electron chi connectivity index (χ4n) is 3.36. The number of benzene rings is 1. The van der Waals surface area contributed by atoms with Crippen molar-refractivity contribution in [3.8, 4) is 0 Å². The maximum atomic E-state index is 12.9. The van der Waals surface area contributed by atoms with Crippen LogP contribution in [0.25, 0.3) is 0 Å². The molecule has 0 aliphatic carbocycles. The van der Waals surface area contributed by atoms with Crippen LogP contribution in [0.5, 0.6) is 0 Å². The molecule has 2 rings (SSSR count). The van der Waals surface area contributed by atoms with Crippen molar-refractivity contribution in [3.63, 3.8) is 0 Å². The molecule has 0 bridgehead atoms. The molecule has 1 fully saturated rings. The Morgan fingerprint density at radius 2 is 1.80 bits per heavy atom. The summed E-state index contributed by atoms with van der Waals surface area (Å²) >= 11 is 0. The number of likely N-dealkylation sites (N-methyl/N-ethyl adjacent to an activating group) is 1. The highest BCUT2D eigenvalue weighted by Crippen LogP contribution is 2.24. The number of nitrogens with one attached hydrogen (secondary N) is 1. The molecule has 0 spiro atoms. The molecule has 1 saturated heterocycles. The van der Waals surface area contributed by atoms with Gasteiger partial charge in [0.05, 0.1) is 12.6 Å². The third-order valence-electron chi connectivity index (χ3n) is 4.99. The lowest BCUT2D eigenvalue weighted by Crippen LogP contribution is -2.54. The largest absolute Gasteiger partial charge is 0.336 e. The first-order valence-corrected chi connectivity index (χ1v) is 8.87. The van der Waals surface area contributed by atoms with Gasteiger partial charge >= 0.3 is 0 Å². The third kappa shape index (κ3) is 5.01. The van der Waals surface area contributed by atoms with Crippen LogP contribution in [-0.2, 0) is 9.59 Å². The van der Waals surface area contributed by atoms with Crippen molar-refractivity contribution in [3.05, 3.63) is 30.1 Å². The zero-order valence-electron chi connectivity index (χ0n) is 15.5. The number of nitrogens with zero attached hydrogens (tertiary/aromatic N) is 2. The maximum Gasteiger partial charge on any atom is 0.240 e. The van der Waals surface area contributed by atoms with Crippen LogP contribution < -0.4 is 5.32 Å². The normalized spacial score (nSPS) is 21.9. The van der Waals surface area contributed by atoms with Gasteiger partial charge in [0, 0.05) is 17.8 Å². The number of halogens is 1. The lowest BCUT2D eigenvalue weighted by Gasteiger charge is -2.41. The average molecular weight is 349 g/mol. The van der Waals surface area contributed by atoms with Crippen LogP contribution in [0.3, 0.4) is 0 Å². The van der Waals surface area contributed by atoms with Crippen molar-refractivity contribution in [2.24, 2.45) is 0 Å². The highest BCUT2D eigenvalue weighted by Gasteiger charge is 2.33. The van der Waals surface area contributed by atoms with Gasteiger partial charge in [-0.05, 0) is 71.3 Å². The van der Waals surface area contributed by atoms with E-state index in [1.165, 1.54) is 24.3 Å². The molecule has 0 saturated carbocycles. The van der Waals surface area contributed by atoms with Crippen molar-refractivity contribution in [1.82, 2.24) is 9.80 Å². The minimum absolute atomic E-state index is 0.0665. The summed E-state index contributed by atoms with van der Waals surface area (Å²) in [5, 5.41) is 2.72. The molecule has 0 unspecified atom stereocenters. The van der Waals surface area contributed by atoms with E-state index in [1.54, 1.807) is 11.9 Å². The minimum Gasteiger partial charge on any atom is -0.336 e. The molecular formula is C19H28FN3O2. The number of piperidine rings is 1. The van der Waals surface area contributed by atoms with Crippen LogP contribution >= 0.6 is 0 Å². The quantitative estimate of drug-likeness (QED) is 0.889.